The van der Waals surface area contributed by atoms with Gasteiger partial charge in [-0.15, -0.1) is 0 Å². The molecular formula is C24H31N5O2. The van der Waals surface area contributed by atoms with E-state index >= 15 is 0 Å². The van der Waals surface area contributed by atoms with Crippen molar-refractivity contribution in [3.05, 3.63) is 53.6 Å². The molecule has 2 aliphatic rings. The van der Waals surface area contributed by atoms with E-state index < -0.39 is 0 Å². The van der Waals surface area contributed by atoms with Gasteiger partial charge in [-0.3, -0.25) is 4.90 Å². The third-order valence-electron chi connectivity index (χ3n) is 6.41. The van der Waals surface area contributed by atoms with Crippen molar-refractivity contribution in [2.75, 3.05) is 26.2 Å². The second-order valence-electron chi connectivity index (χ2n) is 8.86. The zero-order valence-electron chi connectivity index (χ0n) is 18.2. The third-order valence-corrected chi connectivity index (χ3v) is 6.41. The number of ether oxygens (including phenoxy) is 1. The molecule has 7 heteroatoms. The summed E-state index contributed by atoms with van der Waals surface area (Å²) in [5, 5.41) is 8.95. The Morgan fingerprint density at radius 3 is 2.65 bits per heavy atom. The molecule has 1 saturated heterocycles. The van der Waals surface area contributed by atoms with Crippen LogP contribution < -0.4 is 0 Å². The van der Waals surface area contributed by atoms with Crippen molar-refractivity contribution < 1.29 is 9.53 Å². The summed E-state index contributed by atoms with van der Waals surface area (Å²) < 4.78 is 7.92. The highest BCUT2D eigenvalue weighted by atomic mass is 16.6. The van der Waals surface area contributed by atoms with Gasteiger partial charge in [0.1, 0.15) is 6.10 Å². The Kier molecular flexibility index (Phi) is 6.88. The Labute approximate surface area is 184 Å². The van der Waals surface area contributed by atoms with Crippen molar-refractivity contribution in [2.45, 2.75) is 51.8 Å². The van der Waals surface area contributed by atoms with Gasteiger partial charge in [-0.05, 0) is 42.9 Å². The number of rotatable bonds is 5. The van der Waals surface area contributed by atoms with Crippen LogP contribution in [0.25, 0.3) is 0 Å². The fourth-order valence-corrected chi connectivity index (χ4v) is 4.52. The molecule has 1 saturated carbocycles. The summed E-state index contributed by atoms with van der Waals surface area (Å²) in [7, 11) is 0. The van der Waals surface area contributed by atoms with Crippen LogP contribution in [0.1, 0.15) is 49.4 Å². The van der Waals surface area contributed by atoms with E-state index in [-0.39, 0.29) is 12.2 Å². The minimum absolute atomic E-state index is 0.0888. The monoisotopic (exact) mass is 421 g/mol. The van der Waals surface area contributed by atoms with E-state index in [9.17, 15) is 4.79 Å². The van der Waals surface area contributed by atoms with Gasteiger partial charge < -0.3 is 14.2 Å². The molecular weight excluding hydrogens is 390 g/mol. The Hall–Kier alpha value is -2.85. The number of hydrogen-bond donors (Lipinski definition) is 0. The molecule has 7 nitrogen and oxygen atoms in total. The number of carbonyl (C=O) groups excluding carboxylic acids is 1. The van der Waals surface area contributed by atoms with Crippen LogP contribution >= 0.6 is 0 Å². The van der Waals surface area contributed by atoms with Crippen LogP contribution in [-0.2, 0) is 17.8 Å². The fourth-order valence-electron chi connectivity index (χ4n) is 4.52. The lowest BCUT2D eigenvalue weighted by Crippen LogP contribution is -2.49. The molecule has 0 N–H and O–H groups in total. The largest absolute Gasteiger partial charge is 0.446 e. The van der Waals surface area contributed by atoms with E-state index in [4.69, 9.17) is 10.00 Å². The summed E-state index contributed by atoms with van der Waals surface area (Å²) in [5.41, 5.74) is 2.96. The van der Waals surface area contributed by atoms with Gasteiger partial charge in [0, 0.05) is 45.5 Å². The van der Waals surface area contributed by atoms with Crippen LogP contribution in [-0.4, -0.2) is 57.7 Å². The number of aromatic nitrogens is 2. The van der Waals surface area contributed by atoms with Crippen molar-refractivity contribution in [3.63, 3.8) is 0 Å². The topological polar surface area (TPSA) is 74.4 Å². The molecule has 2 atom stereocenters. The summed E-state index contributed by atoms with van der Waals surface area (Å²) in [4.78, 5) is 21.1. The second kappa shape index (κ2) is 9.97. The summed E-state index contributed by atoms with van der Waals surface area (Å²) in [6.45, 7) is 6.84. The van der Waals surface area contributed by atoms with E-state index in [1.54, 1.807) is 0 Å². The number of nitriles is 1. The molecule has 1 aromatic heterocycles. The van der Waals surface area contributed by atoms with E-state index in [0.29, 0.717) is 24.6 Å². The molecule has 1 amide bonds. The van der Waals surface area contributed by atoms with Gasteiger partial charge in [0.2, 0.25) is 0 Å². The summed E-state index contributed by atoms with van der Waals surface area (Å²) in [5.74, 6) is 0.650. The summed E-state index contributed by atoms with van der Waals surface area (Å²) in [6, 6.07) is 9.81. The molecule has 0 radical (unpaired) electrons. The van der Waals surface area contributed by atoms with Gasteiger partial charge in [0.15, 0.2) is 0 Å². The molecule has 2 unspecified atom stereocenters. The first-order chi connectivity index (χ1) is 15.1. The third kappa shape index (κ3) is 5.65. The maximum Gasteiger partial charge on any atom is 0.410 e. The highest BCUT2D eigenvalue weighted by Gasteiger charge is 2.27. The van der Waals surface area contributed by atoms with Crippen LogP contribution in [0.15, 0.2) is 36.8 Å². The molecule has 4 rings (SSSR count). The highest BCUT2D eigenvalue weighted by molar-refractivity contribution is 5.68. The highest BCUT2D eigenvalue weighted by Crippen LogP contribution is 2.26. The SMILES string of the molecule is CC1CCCC(OC(=O)N2CCN(Cc3cncn3Cc3ccc(C#N)cc3)CC2)C1. The molecule has 1 aromatic carbocycles. The van der Waals surface area contributed by atoms with Crippen LogP contribution in [0.4, 0.5) is 4.79 Å². The van der Waals surface area contributed by atoms with Crippen molar-refractivity contribution in [3.8, 4) is 6.07 Å². The minimum atomic E-state index is -0.149. The van der Waals surface area contributed by atoms with Crippen molar-refractivity contribution >= 4 is 6.09 Å². The first-order valence-electron chi connectivity index (χ1n) is 11.3. The number of benzene rings is 1. The smallest absolute Gasteiger partial charge is 0.410 e. The normalized spacial score (nSPS) is 22.1. The van der Waals surface area contributed by atoms with Crippen LogP contribution in [0.5, 0.6) is 0 Å². The van der Waals surface area contributed by atoms with Gasteiger partial charge in [0.25, 0.3) is 0 Å². The van der Waals surface area contributed by atoms with Gasteiger partial charge in [-0.1, -0.05) is 25.5 Å². The van der Waals surface area contributed by atoms with Crippen LogP contribution in [0, 0.1) is 17.2 Å². The average Bonchev–Trinajstić information content (AvgIpc) is 3.21. The summed E-state index contributed by atoms with van der Waals surface area (Å²) >= 11 is 0. The molecule has 2 aromatic rings. The summed E-state index contributed by atoms with van der Waals surface area (Å²) in [6.07, 6.45) is 8.10. The Morgan fingerprint density at radius 2 is 1.94 bits per heavy atom. The van der Waals surface area contributed by atoms with Gasteiger partial charge in [0.05, 0.1) is 23.7 Å². The lowest BCUT2D eigenvalue weighted by Gasteiger charge is -2.35. The van der Waals surface area contributed by atoms with E-state index in [0.717, 1.165) is 56.7 Å². The first-order valence-corrected chi connectivity index (χ1v) is 11.3. The number of nitrogens with zero attached hydrogens (tertiary/aromatic N) is 5. The van der Waals surface area contributed by atoms with E-state index in [2.05, 4.69) is 27.4 Å². The average molecular weight is 422 g/mol. The van der Waals surface area contributed by atoms with Gasteiger partial charge in [-0.2, -0.15) is 5.26 Å². The first kappa shape index (κ1) is 21.4. The quantitative estimate of drug-likeness (QED) is 0.737. The second-order valence-corrected chi connectivity index (χ2v) is 8.86. The number of imidazole rings is 1. The van der Waals surface area contributed by atoms with Gasteiger partial charge in [-0.25, -0.2) is 9.78 Å². The van der Waals surface area contributed by atoms with Crippen LogP contribution in [0.2, 0.25) is 0 Å². The predicted molar refractivity (Wildman–Crippen MR) is 117 cm³/mol. The molecule has 1 aliphatic heterocycles. The van der Waals surface area contributed by atoms with E-state index in [1.165, 1.54) is 6.42 Å². The number of piperazine rings is 1. The van der Waals surface area contributed by atoms with Crippen molar-refractivity contribution in [1.29, 1.82) is 5.26 Å². The zero-order valence-corrected chi connectivity index (χ0v) is 18.2. The molecule has 164 valence electrons. The number of hydrogen-bond acceptors (Lipinski definition) is 5. The minimum Gasteiger partial charge on any atom is -0.446 e. The Bertz CT molecular complexity index is 909. The number of carbonyl (C=O) groups is 1. The molecule has 0 bridgehead atoms. The molecule has 0 spiro atoms. The van der Waals surface area contributed by atoms with Crippen molar-refractivity contribution in [2.24, 2.45) is 5.92 Å². The van der Waals surface area contributed by atoms with Crippen molar-refractivity contribution in [1.82, 2.24) is 19.4 Å². The Balaban J connectivity index is 1.26. The van der Waals surface area contributed by atoms with Gasteiger partial charge >= 0.3 is 6.09 Å². The van der Waals surface area contributed by atoms with Crippen LogP contribution in [0.3, 0.4) is 0 Å². The molecule has 1 aliphatic carbocycles. The maximum atomic E-state index is 12.6. The maximum absolute atomic E-state index is 12.6. The standard InChI is InChI=1S/C24H31N5O2/c1-19-3-2-4-23(13-19)31-24(30)28-11-9-27(10-12-28)17-22-15-26-18-29(22)16-21-7-5-20(14-25)6-8-21/h5-8,15,18-19,23H,2-4,9-13,16-17H2,1H3. The predicted octanol–water partition coefficient (Wildman–Crippen LogP) is 3.64. The fraction of sp³-hybridized carbons (Fsp3) is 0.542. The lowest BCUT2D eigenvalue weighted by molar-refractivity contribution is 0.0241. The molecule has 2 fully saturated rings. The zero-order chi connectivity index (χ0) is 21.6. The van der Waals surface area contributed by atoms with E-state index in [1.807, 2.05) is 41.7 Å². The molecule has 31 heavy (non-hydrogen) atoms. The number of amides is 1. The Morgan fingerprint density at radius 1 is 1.16 bits per heavy atom. The molecule has 2 heterocycles. The lowest BCUT2D eigenvalue weighted by atomic mass is 9.89.